The number of oxime groups is 1. The van der Waals surface area contributed by atoms with Crippen molar-refractivity contribution in [1.29, 1.82) is 0 Å². The molecule has 0 heterocycles. The van der Waals surface area contributed by atoms with Gasteiger partial charge in [-0.05, 0) is 36.3 Å². The van der Waals surface area contributed by atoms with Gasteiger partial charge in [-0.2, -0.15) is 0 Å². The molecule has 1 saturated carbocycles. The van der Waals surface area contributed by atoms with Crippen molar-refractivity contribution < 1.29 is 9.63 Å². The summed E-state index contributed by atoms with van der Waals surface area (Å²) in [5, 5.41) is 6.91. The van der Waals surface area contributed by atoms with Crippen molar-refractivity contribution in [2.75, 3.05) is 6.61 Å². The number of nitrogens with one attached hydrogen (secondary N) is 1. The number of aryl methyl sites for hydroxylation is 1. The van der Waals surface area contributed by atoms with Gasteiger partial charge in [0, 0.05) is 6.04 Å². The van der Waals surface area contributed by atoms with Crippen LogP contribution in [0.2, 0.25) is 0 Å². The summed E-state index contributed by atoms with van der Waals surface area (Å²) in [6, 6.07) is 8.41. The van der Waals surface area contributed by atoms with Gasteiger partial charge in [0.15, 0.2) is 6.61 Å². The zero-order chi connectivity index (χ0) is 15.8. The molecule has 2 atom stereocenters. The Morgan fingerprint density at radius 2 is 2.05 bits per heavy atom. The predicted molar refractivity (Wildman–Crippen MR) is 88.9 cm³/mol. The lowest BCUT2D eigenvalue weighted by Gasteiger charge is -2.29. The molecule has 0 bridgehead atoms. The van der Waals surface area contributed by atoms with Crippen LogP contribution < -0.4 is 5.32 Å². The molecule has 120 valence electrons. The monoisotopic (exact) mass is 302 g/mol. The van der Waals surface area contributed by atoms with Gasteiger partial charge < -0.3 is 10.2 Å². The molecule has 4 nitrogen and oxygen atoms in total. The lowest BCUT2D eigenvalue weighted by Crippen LogP contribution is -2.42. The van der Waals surface area contributed by atoms with Crippen LogP contribution >= 0.6 is 0 Å². The Hall–Kier alpha value is -1.84. The van der Waals surface area contributed by atoms with Gasteiger partial charge in [0.1, 0.15) is 0 Å². The largest absolute Gasteiger partial charge is 0.386 e. The van der Waals surface area contributed by atoms with Gasteiger partial charge in [-0.3, -0.25) is 4.79 Å². The fraction of sp³-hybridized carbons (Fsp3) is 0.556. The number of carbonyl (C=O) groups excluding carboxylic acids is 1. The third-order valence-electron chi connectivity index (χ3n) is 4.32. The van der Waals surface area contributed by atoms with E-state index in [1.165, 1.54) is 24.8 Å². The fourth-order valence-corrected chi connectivity index (χ4v) is 2.81. The van der Waals surface area contributed by atoms with Crippen molar-refractivity contribution in [2.45, 2.75) is 52.0 Å². The topological polar surface area (TPSA) is 50.7 Å². The Labute approximate surface area is 132 Å². The Balaban J connectivity index is 1.70. The molecule has 1 N–H and O–H groups in total. The van der Waals surface area contributed by atoms with Crippen molar-refractivity contribution in [1.82, 2.24) is 5.32 Å². The van der Waals surface area contributed by atoms with Crippen molar-refractivity contribution in [3.8, 4) is 0 Å². The first kappa shape index (κ1) is 16.5. The van der Waals surface area contributed by atoms with Crippen molar-refractivity contribution >= 4 is 12.1 Å². The molecule has 22 heavy (non-hydrogen) atoms. The van der Waals surface area contributed by atoms with Crippen molar-refractivity contribution in [3.63, 3.8) is 0 Å². The molecule has 2 rings (SSSR count). The normalized spacial score (nSPS) is 21.7. The van der Waals surface area contributed by atoms with E-state index in [2.05, 4.69) is 36.5 Å². The van der Waals surface area contributed by atoms with E-state index in [0.29, 0.717) is 5.92 Å². The SMILES string of the molecule is CCc1ccc(/C=N\OCC(=O)N[C@H]2CCCC[C@H]2C)cc1. The molecular weight excluding hydrogens is 276 g/mol. The summed E-state index contributed by atoms with van der Waals surface area (Å²) in [5.74, 6) is 0.468. The summed E-state index contributed by atoms with van der Waals surface area (Å²) >= 11 is 0. The van der Waals surface area contributed by atoms with E-state index in [0.717, 1.165) is 18.4 Å². The second-order valence-corrected chi connectivity index (χ2v) is 6.04. The molecule has 0 aromatic heterocycles. The maximum Gasteiger partial charge on any atom is 0.261 e. The number of hydrogen-bond donors (Lipinski definition) is 1. The Bertz CT molecular complexity index is 496. The zero-order valence-corrected chi connectivity index (χ0v) is 13.5. The fourth-order valence-electron chi connectivity index (χ4n) is 2.81. The lowest BCUT2D eigenvalue weighted by molar-refractivity contribution is -0.126. The highest BCUT2D eigenvalue weighted by Crippen LogP contribution is 2.23. The quantitative estimate of drug-likeness (QED) is 0.647. The van der Waals surface area contributed by atoms with Crippen molar-refractivity contribution in [2.24, 2.45) is 11.1 Å². The van der Waals surface area contributed by atoms with Crippen LogP contribution in [0.4, 0.5) is 0 Å². The van der Waals surface area contributed by atoms with Gasteiger partial charge in [-0.15, -0.1) is 0 Å². The second-order valence-electron chi connectivity index (χ2n) is 6.04. The van der Waals surface area contributed by atoms with Crippen LogP contribution in [0.5, 0.6) is 0 Å². The highest BCUT2D eigenvalue weighted by Gasteiger charge is 2.22. The molecule has 1 amide bonds. The molecule has 1 aliphatic rings. The average Bonchev–Trinajstić information content (AvgIpc) is 2.54. The van der Waals surface area contributed by atoms with Crippen LogP contribution in [-0.2, 0) is 16.1 Å². The molecule has 1 aromatic carbocycles. The number of rotatable bonds is 6. The third-order valence-corrected chi connectivity index (χ3v) is 4.32. The molecule has 0 aliphatic heterocycles. The van der Waals surface area contributed by atoms with E-state index >= 15 is 0 Å². The van der Waals surface area contributed by atoms with Crippen LogP contribution in [0.1, 0.15) is 50.7 Å². The first-order chi connectivity index (χ1) is 10.7. The number of nitrogens with zero attached hydrogens (tertiary/aromatic N) is 1. The summed E-state index contributed by atoms with van der Waals surface area (Å²) in [7, 11) is 0. The van der Waals surface area contributed by atoms with Gasteiger partial charge in [-0.1, -0.05) is 56.1 Å². The zero-order valence-electron chi connectivity index (χ0n) is 13.5. The Kier molecular flexibility index (Phi) is 6.44. The Morgan fingerprint density at radius 3 is 2.73 bits per heavy atom. The van der Waals surface area contributed by atoms with Crippen molar-refractivity contribution in [3.05, 3.63) is 35.4 Å². The molecule has 0 radical (unpaired) electrons. The summed E-state index contributed by atoms with van der Waals surface area (Å²) < 4.78 is 0. The molecule has 1 aromatic rings. The van der Waals surface area contributed by atoms with Crippen LogP contribution in [0, 0.1) is 5.92 Å². The molecular formula is C18H26N2O2. The maximum absolute atomic E-state index is 11.8. The minimum atomic E-state index is -0.0859. The molecule has 4 heteroatoms. The van der Waals surface area contributed by atoms with E-state index < -0.39 is 0 Å². The molecule has 1 fully saturated rings. The first-order valence-corrected chi connectivity index (χ1v) is 8.22. The highest BCUT2D eigenvalue weighted by atomic mass is 16.6. The molecule has 1 aliphatic carbocycles. The maximum atomic E-state index is 11.8. The van der Waals surface area contributed by atoms with Gasteiger partial charge in [-0.25, -0.2) is 0 Å². The summed E-state index contributed by atoms with van der Waals surface area (Å²) in [5.41, 5.74) is 2.26. The average molecular weight is 302 g/mol. The van der Waals surface area contributed by atoms with Gasteiger partial charge >= 0.3 is 0 Å². The van der Waals surface area contributed by atoms with E-state index in [-0.39, 0.29) is 18.6 Å². The van der Waals surface area contributed by atoms with E-state index in [1.54, 1.807) is 6.21 Å². The smallest absolute Gasteiger partial charge is 0.261 e. The second kappa shape index (κ2) is 8.57. The third kappa shape index (κ3) is 5.17. The summed E-state index contributed by atoms with van der Waals surface area (Å²) in [6.45, 7) is 4.30. The lowest BCUT2D eigenvalue weighted by atomic mass is 9.86. The summed E-state index contributed by atoms with van der Waals surface area (Å²) in [4.78, 5) is 16.9. The van der Waals surface area contributed by atoms with E-state index in [4.69, 9.17) is 4.84 Å². The van der Waals surface area contributed by atoms with Crippen LogP contribution in [-0.4, -0.2) is 24.8 Å². The van der Waals surface area contributed by atoms with Crippen LogP contribution in [0.3, 0.4) is 0 Å². The molecule has 0 saturated heterocycles. The minimum absolute atomic E-state index is 0.0211. The van der Waals surface area contributed by atoms with Gasteiger partial charge in [0.05, 0.1) is 6.21 Å². The predicted octanol–water partition coefficient (Wildman–Crippen LogP) is 3.29. The molecule has 0 unspecified atom stereocenters. The number of benzene rings is 1. The number of amides is 1. The van der Waals surface area contributed by atoms with E-state index in [1.807, 2.05) is 12.1 Å². The van der Waals surface area contributed by atoms with Gasteiger partial charge in [0.2, 0.25) is 0 Å². The van der Waals surface area contributed by atoms with Crippen LogP contribution in [0.25, 0.3) is 0 Å². The van der Waals surface area contributed by atoms with E-state index in [9.17, 15) is 4.79 Å². The number of carbonyl (C=O) groups is 1. The van der Waals surface area contributed by atoms with Crippen LogP contribution in [0.15, 0.2) is 29.4 Å². The van der Waals surface area contributed by atoms with Gasteiger partial charge in [0.25, 0.3) is 5.91 Å². The highest BCUT2D eigenvalue weighted by molar-refractivity contribution is 5.80. The molecule has 0 spiro atoms. The Morgan fingerprint density at radius 1 is 1.32 bits per heavy atom. The first-order valence-electron chi connectivity index (χ1n) is 8.22. The number of hydrogen-bond acceptors (Lipinski definition) is 3. The minimum Gasteiger partial charge on any atom is -0.386 e. The standard InChI is InChI=1S/C18H26N2O2/c1-3-15-8-10-16(11-9-15)12-19-22-13-18(21)20-17-7-5-4-6-14(17)2/h8-12,14,17H,3-7,13H2,1-2H3,(H,20,21)/b19-12-/t14-,17+/m1/s1. The summed E-state index contributed by atoms with van der Waals surface area (Å²) in [6.07, 6.45) is 7.38.